The third-order valence-corrected chi connectivity index (χ3v) is 7.55. The maximum absolute atomic E-state index is 12.9. The molecule has 0 aliphatic carbocycles. The van der Waals surface area contributed by atoms with E-state index in [4.69, 9.17) is 0 Å². The van der Waals surface area contributed by atoms with Gasteiger partial charge >= 0.3 is 0 Å². The molecule has 2 aromatic carbocycles. The van der Waals surface area contributed by atoms with E-state index in [1.54, 1.807) is 0 Å². The summed E-state index contributed by atoms with van der Waals surface area (Å²) >= 11 is 3.47. The van der Waals surface area contributed by atoms with Gasteiger partial charge in [-0.1, -0.05) is 72.2 Å². The molecular formula is C24H32BrN5O2S. The fourth-order valence-corrected chi connectivity index (χ4v) is 5.38. The number of nitrogens with zero attached hydrogens (tertiary/aromatic N) is 3. The first kappa shape index (κ1) is 25.6. The van der Waals surface area contributed by atoms with Gasteiger partial charge in [0, 0.05) is 10.0 Å². The molecular weight excluding hydrogens is 502 g/mol. The molecule has 3 aromatic rings. The standard InChI is InChI=1S/C24H32BrN5O2S/c1-3-30(4-2)16-9-17-33(31,32)29-22(15-14-19-10-6-5-7-11-19)24-26-23(27-28-24)20-12-8-13-21(25)18-20/h5-8,10-13,18,22,29H,3-4,9,14-17H2,1-2H3,(H,26,27,28)/t22-/m1/s1. The molecule has 0 aliphatic rings. The van der Waals surface area contributed by atoms with E-state index >= 15 is 0 Å². The highest BCUT2D eigenvalue weighted by atomic mass is 79.9. The van der Waals surface area contributed by atoms with Crippen LogP contribution in [0.4, 0.5) is 0 Å². The van der Waals surface area contributed by atoms with E-state index in [2.05, 4.69) is 54.6 Å². The minimum absolute atomic E-state index is 0.0813. The van der Waals surface area contributed by atoms with Crippen LogP contribution >= 0.6 is 15.9 Å². The first-order valence-electron chi connectivity index (χ1n) is 11.3. The minimum atomic E-state index is -3.48. The lowest BCUT2D eigenvalue weighted by Crippen LogP contribution is -2.33. The third-order valence-electron chi connectivity index (χ3n) is 5.58. The second-order valence-electron chi connectivity index (χ2n) is 7.95. The fourth-order valence-electron chi connectivity index (χ4n) is 3.69. The van der Waals surface area contributed by atoms with Crippen molar-refractivity contribution in [1.29, 1.82) is 0 Å². The molecule has 0 amide bonds. The number of aryl methyl sites for hydroxylation is 1. The van der Waals surface area contributed by atoms with Gasteiger partial charge < -0.3 is 4.90 Å². The van der Waals surface area contributed by atoms with Crippen molar-refractivity contribution in [1.82, 2.24) is 24.8 Å². The second-order valence-corrected chi connectivity index (χ2v) is 10.7. The molecule has 0 radical (unpaired) electrons. The maximum Gasteiger partial charge on any atom is 0.212 e. The molecule has 178 valence electrons. The molecule has 7 nitrogen and oxygen atoms in total. The Balaban J connectivity index is 1.75. The van der Waals surface area contributed by atoms with Crippen molar-refractivity contribution < 1.29 is 8.42 Å². The van der Waals surface area contributed by atoms with Crippen molar-refractivity contribution in [2.45, 2.75) is 39.2 Å². The van der Waals surface area contributed by atoms with Gasteiger partial charge in [0.2, 0.25) is 10.0 Å². The summed E-state index contributed by atoms with van der Waals surface area (Å²) < 4.78 is 29.6. The van der Waals surface area contributed by atoms with Gasteiger partial charge in [-0.05, 0) is 56.6 Å². The minimum Gasteiger partial charge on any atom is -0.304 e. The second kappa shape index (κ2) is 12.4. The van der Waals surface area contributed by atoms with Crippen molar-refractivity contribution in [3.8, 4) is 11.4 Å². The summed E-state index contributed by atoms with van der Waals surface area (Å²) in [6.45, 7) is 6.77. The Kier molecular flexibility index (Phi) is 9.61. The van der Waals surface area contributed by atoms with E-state index in [1.807, 2.05) is 54.6 Å². The first-order chi connectivity index (χ1) is 15.9. The topological polar surface area (TPSA) is 91.0 Å². The van der Waals surface area contributed by atoms with Crippen LogP contribution in [-0.4, -0.2) is 53.9 Å². The lowest BCUT2D eigenvalue weighted by Gasteiger charge is -2.19. The maximum atomic E-state index is 12.9. The van der Waals surface area contributed by atoms with Crippen LogP contribution in [0.1, 0.15) is 44.1 Å². The summed E-state index contributed by atoms with van der Waals surface area (Å²) in [6.07, 6.45) is 1.88. The predicted octanol–water partition coefficient (Wildman–Crippen LogP) is 4.56. The Hall–Kier alpha value is -2.07. The summed E-state index contributed by atoms with van der Waals surface area (Å²) in [5, 5.41) is 7.31. The number of hydrogen-bond acceptors (Lipinski definition) is 5. The van der Waals surface area contributed by atoms with Gasteiger partial charge in [-0.2, -0.15) is 5.10 Å². The Morgan fingerprint density at radius 1 is 1.09 bits per heavy atom. The Morgan fingerprint density at radius 2 is 1.85 bits per heavy atom. The molecule has 0 fully saturated rings. The van der Waals surface area contributed by atoms with E-state index in [0.717, 1.165) is 41.7 Å². The van der Waals surface area contributed by atoms with Gasteiger partial charge in [-0.25, -0.2) is 18.1 Å². The Labute approximate surface area is 205 Å². The number of nitrogens with one attached hydrogen (secondary N) is 2. The van der Waals surface area contributed by atoms with Gasteiger partial charge in [0.15, 0.2) is 5.82 Å². The molecule has 1 atom stereocenters. The van der Waals surface area contributed by atoms with E-state index in [-0.39, 0.29) is 5.75 Å². The van der Waals surface area contributed by atoms with Crippen molar-refractivity contribution in [3.05, 3.63) is 70.5 Å². The zero-order valence-corrected chi connectivity index (χ0v) is 21.6. The number of aromatic amines is 1. The van der Waals surface area contributed by atoms with Crippen molar-refractivity contribution in [2.24, 2.45) is 0 Å². The molecule has 0 bridgehead atoms. The Morgan fingerprint density at radius 3 is 2.55 bits per heavy atom. The summed E-state index contributed by atoms with van der Waals surface area (Å²) in [4.78, 5) is 6.86. The van der Waals surface area contributed by atoms with Crippen LogP contribution < -0.4 is 4.72 Å². The summed E-state index contributed by atoms with van der Waals surface area (Å²) in [7, 11) is -3.48. The number of H-pyrrole nitrogens is 1. The molecule has 2 N–H and O–H groups in total. The average Bonchev–Trinajstić information content (AvgIpc) is 3.30. The molecule has 3 rings (SSSR count). The highest BCUT2D eigenvalue weighted by Gasteiger charge is 2.23. The molecule has 0 aliphatic heterocycles. The number of hydrogen-bond donors (Lipinski definition) is 2. The van der Waals surface area contributed by atoms with Crippen LogP contribution in [0.15, 0.2) is 59.1 Å². The SMILES string of the molecule is CCN(CC)CCCS(=O)(=O)N[C@H](CCc1ccccc1)c1nc(-c2cccc(Br)c2)n[nH]1. The van der Waals surface area contributed by atoms with Crippen LogP contribution in [0, 0.1) is 0 Å². The number of halogens is 1. The molecule has 1 aromatic heterocycles. The van der Waals surface area contributed by atoms with E-state index in [9.17, 15) is 8.42 Å². The largest absolute Gasteiger partial charge is 0.304 e. The number of aromatic nitrogens is 3. The number of benzene rings is 2. The summed E-state index contributed by atoms with van der Waals surface area (Å²) in [6, 6.07) is 17.3. The van der Waals surface area contributed by atoms with Crippen LogP contribution in [0.2, 0.25) is 0 Å². The van der Waals surface area contributed by atoms with Crippen molar-refractivity contribution in [2.75, 3.05) is 25.4 Å². The smallest absolute Gasteiger partial charge is 0.212 e. The van der Waals surface area contributed by atoms with Crippen LogP contribution in [0.3, 0.4) is 0 Å². The molecule has 0 spiro atoms. The van der Waals surface area contributed by atoms with Crippen LogP contribution in [0.25, 0.3) is 11.4 Å². The van der Waals surface area contributed by atoms with Gasteiger partial charge in [0.25, 0.3) is 0 Å². The van der Waals surface area contributed by atoms with Gasteiger partial charge in [-0.3, -0.25) is 5.10 Å². The van der Waals surface area contributed by atoms with E-state index in [1.165, 1.54) is 0 Å². The highest BCUT2D eigenvalue weighted by Crippen LogP contribution is 2.23. The highest BCUT2D eigenvalue weighted by molar-refractivity contribution is 9.10. The monoisotopic (exact) mass is 533 g/mol. The number of rotatable bonds is 13. The fraction of sp³-hybridized carbons (Fsp3) is 0.417. The van der Waals surface area contributed by atoms with Crippen LogP contribution in [-0.2, 0) is 16.4 Å². The van der Waals surface area contributed by atoms with E-state index in [0.29, 0.717) is 24.5 Å². The predicted molar refractivity (Wildman–Crippen MR) is 136 cm³/mol. The lowest BCUT2D eigenvalue weighted by atomic mass is 10.1. The molecule has 0 unspecified atom stereocenters. The molecule has 33 heavy (non-hydrogen) atoms. The zero-order valence-electron chi connectivity index (χ0n) is 19.2. The van der Waals surface area contributed by atoms with Crippen molar-refractivity contribution in [3.63, 3.8) is 0 Å². The molecule has 1 heterocycles. The summed E-state index contributed by atoms with van der Waals surface area (Å²) in [5.74, 6) is 1.14. The molecule has 0 saturated carbocycles. The summed E-state index contributed by atoms with van der Waals surface area (Å²) in [5.41, 5.74) is 2.01. The lowest BCUT2D eigenvalue weighted by molar-refractivity contribution is 0.304. The van der Waals surface area contributed by atoms with Gasteiger partial charge in [0.05, 0.1) is 11.8 Å². The van der Waals surface area contributed by atoms with E-state index < -0.39 is 16.1 Å². The zero-order chi connectivity index (χ0) is 23.7. The average molecular weight is 535 g/mol. The van der Waals surface area contributed by atoms with Crippen molar-refractivity contribution >= 4 is 26.0 Å². The number of sulfonamides is 1. The first-order valence-corrected chi connectivity index (χ1v) is 13.8. The molecule has 0 saturated heterocycles. The molecule has 9 heteroatoms. The van der Waals surface area contributed by atoms with Gasteiger partial charge in [-0.15, -0.1) is 0 Å². The van der Waals surface area contributed by atoms with Crippen LogP contribution in [0.5, 0.6) is 0 Å². The third kappa shape index (κ3) is 8.03. The quantitative estimate of drug-likeness (QED) is 0.336. The Bertz CT molecular complexity index is 1100. The van der Waals surface area contributed by atoms with Gasteiger partial charge in [0.1, 0.15) is 5.82 Å². The normalized spacial score (nSPS) is 12.8.